The van der Waals surface area contributed by atoms with Gasteiger partial charge < -0.3 is 10.1 Å². The fourth-order valence-corrected chi connectivity index (χ4v) is 2.69. The average molecular weight is 387 g/mol. The summed E-state index contributed by atoms with van der Waals surface area (Å²) in [5.41, 5.74) is -0.335. The van der Waals surface area contributed by atoms with Gasteiger partial charge in [-0.25, -0.2) is 9.36 Å². The maximum Gasteiger partial charge on any atom is 0.331 e. The van der Waals surface area contributed by atoms with E-state index in [4.69, 9.17) is 4.74 Å². The van der Waals surface area contributed by atoms with Gasteiger partial charge in [0, 0.05) is 18.3 Å². The second kappa shape index (κ2) is 10.2. The van der Waals surface area contributed by atoms with Gasteiger partial charge in [-0.2, -0.15) is 0 Å². The number of carbonyl (C=O) groups is 2. The van der Waals surface area contributed by atoms with Crippen LogP contribution >= 0.6 is 0 Å². The number of ether oxygens (including phenoxy) is 1. The van der Waals surface area contributed by atoms with Crippen molar-refractivity contribution in [3.05, 3.63) is 69.0 Å². The summed E-state index contributed by atoms with van der Waals surface area (Å²) in [6, 6.07) is 10.5. The standard InChI is InChI=1S/C20H25N3O5/c1-3-16(4-2)21-17(24)14-28-19(26)13-23-18(25)10-11-22(20(23)27)12-15-8-6-5-7-9-15/h5-11,16H,3-4,12-14H2,1-2H3,(H,21,24). The fraction of sp³-hybridized carbons (Fsp3) is 0.400. The number of hydrogen-bond donors (Lipinski definition) is 1. The monoisotopic (exact) mass is 387 g/mol. The Morgan fingerprint density at radius 1 is 1.07 bits per heavy atom. The molecule has 1 heterocycles. The van der Waals surface area contributed by atoms with E-state index < -0.39 is 36.3 Å². The first-order valence-corrected chi connectivity index (χ1v) is 9.23. The number of benzene rings is 1. The van der Waals surface area contributed by atoms with Crippen LogP contribution in [0.2, 0.25) is 0 Å². The minimum absolute atomic E-state index is 0.0214. The van der Waals surface area contributed by atoms with Crippen LogP contribution in [0.5, 0.6) is 0 Å². The smallest absolute Gasteiger partial charge is 0.331 e. The third-order valence-corrected chi connectivity index (χ3v) is 4.34. The molecule has 0 aliphatic heterocycles. The van der Waals surface area contributed by atoms with Gasteiger partial charge in [-0.3, -0.25) is 19.0 Å². The predicted octanol–water partition coefficient (Wildman–Crippen LogP) is 0.906. The molecule has 0 unspecified atom stereocenters. The van der Waals surface area contributed by atoms with E-state index in [2.05, 4.69) is 5.32 Å². The van der Waals surface area contributed by atoms with E-state index in [0.717, 1.165) is 23.0 Å². The highest BCUT2D eigenvalue weighted by Crippen LogP contribution is 2.00. The second-order valence-electron chi connectivity index (χ2n) is 6.38. The fourth-order valence-electron chi connectivity index (χ4n) is 2.69. The second-order valence-corrected chi connectivity index (χ2v) is 6.38. The topological polar surface area (TPSA) is 99.4 Å². The molecule has 8 nitrogen and oxygen atoms in total. The van der Waals surface area contributed by atoms with Gasteiger partial charge in [0.2, 0.25) is 0 Å². The third kappa shape index (κ3) is 5.94. The summed E-state index contributed by atoms with van der Waals surface area (Å²) in [6.07, 6.45) is 2.94. The zero-order chi connectivity index (χ0) is 20.5. The lowest BCUT2D eigenvalue weighted by Gasteiger charge is -2.14. The van der Waals surface area contributed by atoms with Gasteiger partial charge in [0.05, 0.1) is 6.54 Å². The lowest BCUT2D eigenvalue weighted by Crippen LogP contribution is -2.42. The van der Waals surface area contributed by atoms with Gasteiger partial charge >= 0.3 is 11.7 Å². The molecule has 1 aromatic carbocycles. The zero-order valence-electron chi connectivity index (χ0n) is 16.1. The van der Waals surface area contributed by atoms with Crippen molar-refractivity contribution in [3.63, 3.8) is 0 Å². The van der Waals surface area contributed by atoms with E-state index in [-0.39, 0.29) is 12.6 Å². The van der Waals surface area contributed by atoms with Crippen molar-refractivity contribution in [3.8, 4) is 0 Å². The molecule has 0 aliphatic rings. The van der Waals surface area contributed by atoms with Crippen LogP contribution in [0.25, 0.3) is 0 Å². The van der Waals surface area contributed by atoms with Crippen LogP contribution < -0.4 is 16.6 Å². The number of rotatable bonds is 9. The average Bonchev–Trinajstić information content (AvgIpc) is 2.70. The molecular weight excluding hydrogens is 362 g/mol. The molecule has 0 saturated heterocycles. The van der Waals surface area contributed by atoms with E-state index in [1.807, 2.05) is 44.2 Å². The van der Waals surface area contributed by atoms with Crippen LogP contribution in [-0.2, 0) is 27.4 Å². The summed E-state index contributed by atoms with van der Waals surface area (Å²) >= 11 is 0. The lowest BCUT2D eigenvalue weighted by atomic mass is 10.2. The first-order valence-electron chi connectivity index (χ1n) is 9.23. The van der Waals surface area contributed by atoms with Gasteiger partial charge in [0.15, 0.2) is 6.61 Å². The summed E-state index contributed by atoms with van der Waals surface area (Å²) in [4.78, 5) is 48.3. The van der Waals surface area contributed by atoms with E-state index in [1.165, 1.54) is 16.8 Å². The Kier molecular flexibility index (Phi) is 7.74. The molecule has 0 bridgehead atoms. The molecule has 0 aliphatic carbocycles. The first-order chi connectivity index (χ1) is 13.4. The SMILES string of the molecule is CCC(CC)NC(=O)COC(=O)Cn1c(=O)ccn(Cc2ccccc2)c1=O. The summed E-state index contributed by atoms with van der Waals surface area (Å²) < 4.78 is 7.04. The van der Waals surface area contributed by atoms with Gasteiger partial charge in [0.25, 0.3) is 11.5 Å². The Labute approximate surface area is 162 Å². The van der Waals surface area contributed by atoms with Crippen molar-refractivity contribution < 1.29 is 14.3 Å². The molecule has 0 fully saturated rings. The van der Waals surface area contributed by atoms with Crippen LogP contribution in [-0.4, -0.2) is 33.7 Å². The normalized spacial score (nSPS) is 10.7. The quantitative estimate of drug-likeness (QED) is 0.645. The van der Waals surface area contributed by atoms with Crippen molar-refractivity contribution >= 4 is 11.9 Å². The Morgan fingerprint density at radius 2 is 1.75 bits per heavy atom. The molecule has 150 valence electrons. The molecule has 1 aromatic heterocycles. The van der Waals surface area contributed by atoms with Crippen molar-refractivity contribution in [1.82, 2.24) is 14.5 Å². The summed E-state index contributed by atoms with van der Waals surface area (Å²) in [5.74, 6) is -1.24. The maximum atomic E-state index is 12.5. The van der Waals surface area contributed by atoms with Crippen LogP contribution in [0.1, 0.15) is 32.3 Å². The highest BCUT2D eigenvalue weighted by Gasteiger charge is 2.14. The van der Waals surface area contributed by atoms with Gasteiger partial charge in [-0.15, -0.1) is 0 Å². The molecule has 28 heavy (non-hydrogen) atoms. The molecular formula is C20H25N3O5. The number of nitrogens with one attached hydrogen (secondary N) is 1. The molecule has 0 saturated carbocycles. The minimum Gasteiger partial charge on any atom is -0.454 e. The summed E-state index contributed by atoms with van der Waals surface area (Å²) in [6.45, 7) is 3.17. The van der Waals surface area contributed by atoms with Crippen molar-refractivity contribution in [2.24, 2.45) is 0 Å². The molecule has 0 radical (unpaired) electrons. The van der Waals surface area contributed by atoms with E-state index >= 15 is 0 Å². The van der Waals surface area contributed by atoms with E-state index in [9.17, 15) is 19.2 Å². The summed E-state index contributed by atoms with van der Waals surface area (Å²) in [7, 11) is 0. The van der Waals surface area contributed by atoms with Crippen LogP contribution in [0.15, 0.2) is 52.2 Å². The zero-order valence-corrected chi connectivity index (χ0v) is 16.1. The van der Waals surface area contributed by atoms with Crippen LogP contribution in [0.4, 0.5) is 0 Å². The predicted molar refractivity (Wildman–Crippen MR) is 104 cm³/mol. The Morgan fingerprint density at radius 3 is 2.39 bits per heavy atom. The number of esters is 1. The number of nitrogens with zero attached hydrogens (tertiary/aromatic N) is 2. The van der Waals surface area contributed by atoms with Crippen molar-refractivity contribution in [1.29, 1.82) is 0 Å². The highest BCUT2D eigenvalue weighted by atomic mass is 16.5. The van der Waals surface area contributed by atoms with Gasteiger partial charge in [0.1, 0.15) is 6.54 Å². The Hall–Kier alpha value is -3.16. The largest absolute Gasteiger partial charge is 0.454 e. The van der Waals surface area contributed by atoms with Crippen molar-refractivity contribution in [2.45, 2.75) is 45.8 Å². The molecule has 2 rings (SSSR count). The number of carbonyl (C=O) groups excluding carboxylic acids is 2. The Bertz CT molecular complexity index is 913. The van der Waals surface area contributed by atoms with Crippen molar-refractivity contribution in [2.75, 3.05) is 6.61 Å². The molecule has 0 atom stereocenters. The lowest BCUT2D eigenvalue weighted by molar-refractivity contribution is -0.149. The molecule has 8 heteroatoms. The number of hydrogen-bond acceptors (Lipinski definition) is 5. The third-order valence-electron chi connectivity index (χ3n) is 4.34. The first kappa shape index (κ1) is 21.1. The van der Waals surface area contributed by atoms with E-state index in [1.54, 1.807) is 0 Å². The molecule has 2 aromatic rings. The highest BCUT2D eigenvalue weighted by molar-refractivity contribution is 5.80. The van der Waals surface area contributed by atoms with E-state index in [0.29, 0.717) is 0 Å². The number of amides is 1. The minimum atomic E-state index is -0.823. The van der Waals surface area contributed by atoms with Crippen LogP contribution in [0, 0.1) is 0 Å². The summed E-state index contributed by atoms with van der Waals surface area (Å²) in [5, 5.41) is 2.74. The van der Waals surface area contributed by atoms with Crippen LogP contribution in [0.3, 0.4) is 0 Å². The van der Waals surface area contributed by atoms with Gasteiger partial charge in [-0.1, -0.05) is 44.2 Å². The Balaban J connectivity index is 2.02. The molecule has 1 N–H and O–H groups in total. The van der Waals surface area contributed by atoms with Gasteiger partial charge in [-0.05, 0) is 18.4 Å². The number of aromatic nitrogens is 2. The maximum absolute atomic E-state index is 12.5. The molecule has 1 amide bonds. The molecule has 0 spiro atoms.